The smallest absolute Gasteiger partial charge is 0.0597 e. The number of nitrogens with zero attached hydrogens (tertiary/aromatic N) is 1. The van der Waals surface area contributed by atoms with Crippen molar-refractivity contribution in [3.63, 3.8) is 0 Å². The zero-order valence-corrected chi connectivity index (χ0v) is 10.6. The van der Waals surface area contributed by atoms with Crippen molar-refractivity contribution in [2.45, 2.75) is 19.8 Å². The highest BCUT2D eigenvalue weighted by molar-refractivity contribution is 9.10. The molecule has 2 rings (SSSR count). The maximum atomic E-state index is 5.74. The van der Waals surface area contributed by atoms with Crippen LogP contribution in [0.25, 0.3) is 5.52 Å². The molecule has 2 heterocycles. The molecule has 3 heteroatoms. The Morgan fingerprint density at radius 1 is 1.47 bits per heavy atom. The van der Waals surface area contributed by atoms with Gasteiger partial charge in [-0.2, -0.15) is 0 Å². The van der Waals surface area contributed by atoms with Gasteiger partial charge in [-0.15, -0.1) is 0 Å². The van der Waals surface area contributed by atoms with Gasteiger partial charge in [0.2, 0.25) is 0 Å². The average molecular weight is 267 g/mol. The Morgan fingerprint density at radius 3 is 2.87 bits per heavy atom. The molecule has 80 valence electrons. The van der Waals surface area contributed by atoms with Crippen LogP contribution < -0.4 is 5.73 Å². The van der Waals surface area contributed by atoms with E-state index in [2.05, 4.69) is 52.5 Å². The van der Waals surface area contributed by atoms with Crippen molar-refractivity contribution in [2.24, 2.45) is 5.73 Å². The molecule has 0 aliphatic rings. The van der Waals surface area contributed by atoms with Crippen LogP contribution in [0.2, 0.25) is 0 Å². The molecule has 0 spiro atoms. The molecule has 0 saturated heterocycles. The van der Waals surface area contributed by atoms with Crippen LogP contribution in [0.5, 0.6) is 0 Å². The number of pyridine rings is 1. The predicted octanol–water partition coefficient (Wildman–Crippen LogP) is 3.07. The fraction of sp³-hybridized carbons (Fsp3) is 0.333. The zero-order chi connectivity index (χ0) is 11.0. The molecule has 2 aromatic heterocycles. The molecule has 2 nitrogen and oxygen atoms in total. The van der Waals surface area contributed by atoms with Crippen molar-refractivity contribution in [1.82, 2.24) is 4.40 Å². The second-order valence-corrected chi connectivity index (χ2v) is 4.71. The average Bonchev–Trinajstić information content (AvgIpc) is 2.52. The lowest BCUT2D eigenvalue weighted by molar-refractivity contribution is 0.730. The summed E-state index contributed by atoms with van der Waals surface area (Å²) in [5, 5.41) is 0. The Labute approximate surface area is 98.2 Å². The van der Waals surface area contributed by atoms with Gasteiger partial charge in [0.25, 0.3) is 0 Å². The minimum atomic E-state index is 0.381. The number of hydrogen-bond donors (Lipinski definition) is 1. The third-order valence-corrected chi connectivity index (χ3v) is 3.88. The van der Waals surface area contributed by atoms with Crippen LogP contribution in [0.3, 0.4) is 0 Å². The van der Waals surface area contributed by atoms with Crippen molar-refractivity contribution in [1.29, 1.82) is 0 Å². The minimum absolute atomic E-state index is 0.381. The van der Waals surface area contributed by atoms with Crippen molar-refractivity contribution >= 4 is 21.4 Å². The van der Waals surface area contributed by atoms with Crippen molar-refractivity contribution in [3.05, 3.63) is 40.1 Å². The van der Waals surface area contributed by atoms with Crippen molar-refractivity contribution < 1.29 is 0 Å². The minimum Gasteiger partial charge on any atom is -0.330 e. The van der Waals surface area contributed by atoms with Gasteiger partial charge in [0.15, 0.2) is 0 Å². The SMILES string of the molecule is Cc1c(Br)c2ccccn2c1C(C)CN. The van der Waals surface area contributed by atoms with E-state index < -0.39 is 0 Å². The third-order valence-electron chi connectivity index (χ3n) is 2.88. The van der Waals surface area contributed by atoms with Crippen LogP contribution in [0, 0.1) is 6.92 Å². The van der Waals surface area contributed by atoms with E-state index in [1.165, 1.54) is 21.2 Å². The summed E-state index contributed by atoms with van der Waals surface area (Å²) in [6.07, 6.45) is 2.09. The predicted molar refractivity (Wildman–Crippen MR) is 67.3 cm³/mol. The second-order valence-electron chi connectivity index (χ2n) is 3.92. The van der Waals surface area contributed by atoms with Crippen LogP contribution in [-0.4, -0.2) is 10.9 Å². The number of hydrogen-bond acceptors (Lipinski definition) is 1. The largest absolute Gasteiger partial charge is 0.330 e. The van der Waals surface area contributed by atoms with Crippen LogP contribution in [-0.2, 0) is 0 Å². The summed E-state index contributed by atoms with van der Waals surface area (Å²) < 4.78 is 3.40. The lowest BCUT2D eigenvalue weighted by atomic mass is 10.1. The summed E-state index contributed by atoms with van der Waals surface area (Å²) >= 11 is 3.64. The van der Waals surface area contributed by atoms with Gasteiger partial charge in [-0.25, -0.2) is 0 Å². The number of halogens is 1. The van der Waals surface area contributed by atoms with Gasteiger partial charge in [-0.1, -0.05) is 13.0 Å². The van der Waals surface area contributed by atoms with E-state index >= 15 is 0 Å². The molecule has 2 aromatic rings. The van der Waals surface area contributed by atoms with Crippen molar-refractivity contribution in [2.75, 3.05) is 6.54 Å². The number of nitrogens with two attached hydrogens (primary N) is 1. The van der Waals surface area contributed by atoms with Crippen LogP contribution >= 0.6 is 15.9 Å². The summed E-state index contributed by atoms with van der Waals surface area (Å²) in [6.45, 7) is 4.97. The van der Waals surface area contributed by atoms with Gasteiger partial charge in [0.1, 0.15) is 0 Å². The monoisotopic (exact) mass is 266 g/mol. The Morgan fingerprint density at radius 2 is 2.20 bits per heavy atom. The molecule has 2 N–H and O–H groups in total. The van der Waals surface area contributed by atoms with Gasteiger partial charge in [0.05, 0.1) is 5.52 Å². The van der Waals surface area contributed by atoms with E-state index in [9.17, 15) is 0 Å². The van der Waals surface area contributed by atoms with Gasteiger partial charge in [-0.05, 0) is 40.5 Å². The highest BCUT2D eigenvalue weighted by Crippen LogP contribution is 2.31. The lowest BCUT2D eigenvalue weighted by Crippen LogP contribution is -2.11. The summed E-state index contributed by atoms with van der Waals surface area (Å²) in [5.41, 5.74) is 9.55. The van der Waals surface area contributed by atoms with Crippen LogP contribution in [0.4, 0.5) is 0 Å². The first-order chi connectivity index (χ1) is 7.16. The quantitative estimate of drug-likeness (QED) is 0.890. The maximum absolute atomic E-state index is 5.74. The molecule has 1 atom stereocenters. The highest BCUT2D eigenvalue weighted by Gasteiger charge is 2.16. The molecule has 0 radical (unpaired) electrons. The standard InChI is InChI=1S/C12H15BrN2/c1-8(7-14)12-9(2)11(13)10-5-3-4-6-15(10)12/h3-6,8H,7,14H2,1-2H3. The number of aromatic nitrogens is 1. The van der Waals surface area contributed by atoms with E-state index in [0.29, 0.717) is 12.5 Å². The first-order valence-corrected chi connectivity index (χ1v) is 5.91. The maximum Gasteiger partial charge on any atom is 0.0597 e. The summed E-state index contributed by atoms with van der Waals surface area (Å²) in [7, 11) is 0. The van der Waals surface area contributed by atoms with E-state index in [4.69, 9.17) is 5.73 Å². The Hall–Kier alpha value is -0.800. The molecule has 15 heavy (non-hydrogen) atoms. The molecule has 0 aromatic carbocycles. The number of fused-ring (bicyclic) bond motifs is 1. The molecule has 0 amide bonds. The first kappa shape index (κ1) is 10.7. The molecular formula is C12H15BrN2. The summed E-state index contributed by atoms with van der Waals surface area (Å²) in [6, 6.07) is 6.21. The van der Waals surface area contributed by atoms with E-state index in [1.807, 2.05) is 6.07 Å². The lowest BCUT2D eigenvalue weighted by Gasteiger charge is -2.10. The van der Waals surface area contributed by atoms with E-state index in [1.54, 1.807) is 0 Å². The van der Waals surface area contributed by atoms with E-state index in [0.717, 1.165) is 0 Å². The van der Waals surface area contributed by atoms with Crippen LogP contribution in [0.1, 0.15) is 24.1 Å². The Bertz CT molecular complexity index is 488. The third kappa shape index (κ3) is 1.60. The second kappa shape index (κ2) is 3.99. The Kier molecular flexibility index (Phi) is 2.85. The molecule has 0 fully saturated rings. The normalized spacial score (nSPS) is 13.3. The summed E-state index contributed by atoms with van der Waals surface area (Å²) in [4.78, 5) is 0. The van der Waals surface area contributed by atoms with E-state index in [-0.39, 0.29) is 0 Å². The van der Waals surface area contributed by atoms with Gasteiger partial charge in [-0.3, -0.25) is 0 Å². The topological polar surface area (TPSA) is 30.4 Å². The molecule has 0 bridgehead atoms. The number of rotatable bonds is 2. The van der Waals surface area contributed by atoms with Gasteiger partial charge in [0, 0.05) is 28.8 Å². The molecule has 0 aliphatic heterocycles. The highest BCUT2D eigenvalue weighted by atomic mass is 79.9. The van der Waals surface area contributed by atoms with Gasteiger partial charge >= 0.3 is 0 Å². The van der Waals surface area contributed by atoms with Gasteiger partial charge < -0.3 is 10.1 Å². The fourth-order valence-corrected chi connectivity index (χ4v) is 2.56. The Balaban J connectivity index is 2.77. The summed E-state index contributed by atoms with van der Waals surface area (Å²) in [5.74, 6) is 0.381. The molecule has 0 aliphatic carbocycles. The van der Waals surface area contributed by atoms with Crippen LogP contribution in [0.15, 0.2) is 28.9 Å². The first-order valence-electron chi connectivity index (χ1n) is 5.12. The zero-order valence-electron chi connectivity index (χ0n) is 9.00. The molecule has 1 unspecified atom stereocenters. The van der Waals surface area contributed by atoms with Crippen molar-refractivity contribution in [3.8, 4) is 0 Å². The molecular weight excluding hydrogens is 252 g/mol. The molecule has 0 saturated carbocycles. The fourth-order valence-electron chi connectivity index (χ4n) is 2.04.